The molecule has 0 saturated carbocycles. The van der Waals surface area contributed by atoms with Gasteiger partial charge in [-0.2, -0.15) is 0 Å². The number of unbranched alkanes of at least 4 members (excludes halogenated alkanes) is 8. The summed E-state index contributed by atoms with van der Waals surface area (Å²) >= 11 is 3.46. The fourth-order valence-electron chi connectivity index (χ4n) is 3.21. The molecule has 0 spiro atoms. The molecule has 0 aliphatic carbocycles. The maximum absolute atomic E-state index is 10.6. The zero-order chi connectivity index (χ0) is 18.3. The van der Waals surface area contributed by atoms with Crippen molar-refractivity contribution in [2.24, 2.45) is 0 Å². The van der Waals surface area contributed by atoms with Gasteiger partial charge in [0.15, 0.2) is 0 Å². The van der Waals surface area contributed by atoms with Crippen LogP contribution in [0, 0.1) is 0 Å². The molecule has 0 aromatic heterocycles. The van der Waals surface area contributed by atoms with Gasteiger partial charge >= 0.3 is 0 Å². The van der Waals surface area contributed by atoms with Crippen LogP contribution in [0.3, 0.4) is 0 Å². The van der Waals surface area contributed by atoms with Crippen LogP contribution in [0.4, 0.5) is 0 Å². The molecule has 0 aliphatic heterocycles. The topological polar surface area (TPSA) is 23.5 Å². The van der Waals surface area contributed by atoms with Crippen molar-refractivity contribution in [2.75, 3.05) is 19.6 Å². The first kappa shape index (κ1) is 25.9. The number of hydrogen-bond donors (Lipinski definition) is 1. The Balaban J connectivity index is 0.00000625. The quantitative estimate of drug-likeness (QED) is 0.288. The van der Waals surface area contributed by atoms with Gasteiger partial charge in [-0.1, -0.05) is 93.3 Å². The fourth-order valence-corrected chi connectivity index (χ4v) is 3.47. The predicted molar refractivity (Wildman–Crippen MR) is 120 cm³/mol. The molecule has 1 unspecified atom stereocenters. The zero-order valence-electron chi connectivity index (χ0n) is 16.8. The van der Waals surface area contributed by atoms with Crippen LogP contribution in [0.1, 0.15) is 89.7 Å². The zero-order valence-corrected chi connectivity index (χ0v) is 19.2. The third-order valence-electron chi connectivity index (χ3n) is 4.84. The Morgan fingerprint density at radius 3 is 1.73 bits per heavy atom. The SMILES string of the molecule is CCCCCCCN(CCCCCCC)CC(O)c1ccc(Br)cc1.Cl. The van der Waals surface area contributed by atoms with E-state index in [9.17, 15) is 5.11 Å². The van der Waals surface area contributed by atoms with Gasteiger partial charge in [0.05, 0.1) is 6.10 Å². The molecule has 2 nitrogen and oxygen atoms in total. The van der Waals surface area contributed by atoms with Gasteiger partial charge in [0, 0.05) is 11.0 Å². The third-order valence-corrected chi connectivity index (χ3v) is 5.37. The van der Waals surface area contributed by atoms with Crippen molar-refractivity contribution in [3.05, 3.63) is 34.3 Å². The molecule has 0 fully saturated rings. The molecule has 1 aromatic carbocycles. The molecule has 1 aromatic rings. The molecule has 1 atom stereocenters. The van der Waals surface area contributed by atoms with E-state index in [1.165, 1.54) is 64.2 Å². The van der Waals surface area contributed by atoms with Gasteiger partial charge in [-0.3, -0.25) is 0 Å². The number of halogens is 2. The van der Waals surface area contributed by atoms with Crippen LogP contribution in [0.25, 0.3) is 0 Å². The van der Waals surface area contributed by atoms with Gasteiger partial charge in [0.25, 0.3) is 0 Å². The molecular weight excluding hydrogens is 410 g/mol. The smallest absolute Gasteiger partial charge is 0.0916 e. The van der Waals surface area contributed by atoms with Crippen LogP contribution >= 0.6 is 28.3 Å². The number of rotatable bonds is 15. The predicted octanol–water partition coefficient (Wildman–Crippen LogP) is 7.15. The highest BCUT2D eigenvalue weighted by atomic mass is 79.9. The minimum Gasteiger partial charge on any atom is -0.387 e. The van der Waals surface area contributed by atoms with E-state index in [2.05, 4.69) is 34.7 Å². The van der Waals surface area contributed by atoms with Crippen LogP contribution in [0.2, 0.25) is 0 Å². The average molecular weight is 449 g/mol. The van der Waals surface area contributed by atoms with Crippen LogP contribution in [-0.2, 0) is 0 Å². The molecule has 0 aliphatic rings. The lowest BCUT2D eigenvalue weighted by Gasteiger charge is -2.25. The normalized spacial score (nSPS) is 12.2. The van der Waals surface area contributed by atoms with Gasteiger partial charge in [-0.15, -0.1) is 12.4 Å². The molecule has 1 N–H and O–H groups in total. The van der Waals surface area contributed by atoms with Crippen LogP contribution in [0.15, 0.2) is 28.7 Å². The number of benzene rings is 1. The maximum atomic E-state index is 10.6. The van der Waals surface area contributed by atoms with Gasteiger partial charge in [0.1, 0.15) is 0 Å². The van der Waals surface area contributed by atoms with Crippen LogP contribution in [-0.4, -0.2) is 29.6 Å². The lowest BCUT2D eigenvalue weighted by atomic mass is 10.1. The lowest BCUT2D eigenvalue weighted by molar-refractivity contribution is 0.110. The summed E-state index contributed by atoms with van der Waals surface area (Å²) in [6, 6.07) is 8.07. The average Bonchev–Trinajstić information content (AvgIpc) is 2.61. The van der Waals surface area contributed by atoms with E-state index < -0.39 is 0 Å². The van der Waals surface area contributed by atoms with E-state index in [0.29, 0.717) is 0 Å². The molecule has 26 heavy (non-hydrogen) atoms. The Labute approximate surface area is 176 Å². The van der Waals surface area contributed by atoms with E-state index in [-0.39, 0.29) is 18.5 Å². The highest BCUT2D eigenvalue weighted by Gasteiger charge is 2.13. The van der Waals surface area contributed by atoms with Crippen molar-refractivity contribution in [1.82, 2.24) is 4.90 Å². The number of aliphatic hydroxyl groups excluding tert-OH is 1. The Hall–Kier alpha value is -0.0900. The minimum atomic E-state index is -0.389. The number of hydrogen-bond acceptors (Lipinski definition) is 2. The monoisotopic (exact) mass is 447 g/mol. The van der Waals surface area contributed by atoms with E-state index in [1.54, 1.807) is 0 Å². The van der Waals surface area contributed by atoms with Crippen LogP contribution in [0.5, 0.6) is 0 Å². The van der Waals surface area contributed by atoms with E-state index in [4.69, 9.17) is 0 Å². The molecule has 1 rings (SSSR count). The molecule has 0 bridgehead atoms. The van der Waals surface area contributed by atoms with E-state index in [0.717, 1.165) is 29.7 Å². The Morgan fingerprint density at radius 2 is 1.27 bits per heavy atom. The summed E-state index contributed by atoms with van der Waals surface area (Å²) in [6.45, 7) is 7.51. The van der Waals surface area contributed by atoms with Crippen molar-refractivity contribution < 1.29 is 5.11 Å². The summed E-state index contributed by atoms with van der Waals surface area (Å²) in [4.78, 5) is 2.48. The third kappa shape index (κ3) is 12.3. The second-order valence-corrected chi connectivity index (χ2v) is 8.11. The summed E-state index contributed by atoms with van der Waals surface area (Å²) in [7, 11) is 0. The Kier molecular flexibility index (Phi) is 17.0. The highest BCUT2D eigenvalue weighted by molar-refractivity contribution is 9.10. The molecular formula is C22H39BrClNO. The Bertz CT molecular complexity index is 413. The maximum Gasteiger partial charge on any atom is 0.0916 e. The van der Waals surface area contributed by atoms with Crippen molar-refractivity contribution in [1.29, 1.82) is 0 Å². The standard InChI is InChI=1S/C22H38BrNO.ClH/c1-3-5-7-9-11-17-24(18-12-10-8-6-4-2)19-22(25)20-13-15-21(23)16-14-20;/h13-16,22,25H,3-12,17-19H2,1-2H3;1H. The second-order valence-electron chi connectivity index (χ2n) is 7.20. The largest absolute Gasteiger partial charge is 0.387 e. The fraction of sp³-hybridized carbons (Fsp3) is 0.727. The highest BCUT2D eigenvalue weighted by Crippen LogP contribution is 2.19. The molecule has 0 saturated heterocycles. The van der Waals surface area contributed by atoms with Crippen molar-refractivity contribution >= 4 is 28.3 Å². The molecule has 0 amide bonds. The number of nitrogens with zero attached hydrogens (tertiary/aromatic N) is 1. The Morgan fingerprint density at radius 1 is 0.808 bits per heavy atom. The van der Waals surface area contributed by atoms with Crippen molar-refractivity contribution in [3.63, 3.8) is 0 Å². The van der Waals surface area contributed by atoms with E-state index >= 15 is 0 Å². The van der Waals surface area contributed by atoms with Crippen LogP contribution < -0.4 is 0 Å². The van der Waals surface area contributed by atoms with Gasteiger partial charge in [-0.05, 0) is 43.6 Å². The molecule has 0 radical (unpaired) electrons. The molecule has 4 heteroatoms. The van der Waals surface area contributed by atoms with Crippen molar-refractivity contribution in [3.8, 4) is 0 Å². The molecule has 152 valence electrons. The second kappa shape index (κ2) is 17.0. The first-order valence-electron chi connectivity index (χ1n) is 10.3. The summed E-state index contributed by atoms with van der Waals surface area (Å²) < 4.78 is 1.06. The summed E-state index contributed by atoms with van der Waals surface area (Å²) in [5.41, 5.74) is 1.02. The molecule has 0 heterocycles. The summed E-state index contributed by atoms with van der Waals surface area (Å²) in [5.74, 6) is 0. The number of aliphatic hydroxyl groups is 1. The minimum absolute atomic E-state index is 0. The first-order chi connectivity index (χ1) is 12.2. The van der Waals surface area contributed by atoms with Crippen molar-refractivity contribution in [2.45, 2.75) is 84.2 Å². The van der Waals surface area contributed by atoms with Gasteiger partial charge in [0.2, 0.25) is 0 Å². The van der Waals surface area contributed by atoms with Gasteiger partial charge < -0.3 is 10.0 Å². The summed E-state index contributed by atoms with van der Waals surface area (Å²) in [5, 5.41) is 10.6. The van der Waals surface area contributed by atoms with Gasteiger partial charge in [-0.25, -0.2) is 0 Å². The summed E-state index contributed by atoms with van der Waals surface area (Å²) in [6.07, 6.45) is 12.7. The first-order valence-corrected chi connectivity index (χ1v) is 11.1. The lowest BCUT2D eigenvalue weighted by Crippen LogP contribution is -2.31. The van der Waals surface area contributed by atoms with E-state index in [1.807, 2.05) is 24.3 Å².